The molecule has 0 aromatic heterocycles. The van der Waals surface area contributed by atoms with Gasteiger partial charge in [-0.3, -0.25) is 14.9 Å². The summed E-state index contributed by atoms with van der Waals surface area (Å²) in [6.07, 6.45) is 3.46. The van der Waals surface area contributed by atoms with Crippen LogP contribution in [0.2, 0.25) is 5.02 Å². The number of nitro benzene ring substituents is 1. The summed E-state index contributed by atoms with van der Waals surface area (Å²) in [6, 6.07) is 9.82. The van der Waals surface area contributed by atoms with Gasteiger partial charge in [-0.15, -0.1) is 0 Å². The summed E-state index contributed by atoms with van der Waals surface area (Å²) in [5.74, 6) is -0.316. The minimum absolute atomic E-state index is 0.00156. The monoisotopic (exact) mass is 373 g/mol. The summed E-state index contributed by atoms with van der Waals surface area (Å²) >= 11 is 6.12. The van der Waals surface area contributed by atoms with Crippen LogP contribution in [0.25, 0.3) is 0 Å². The first-order valence-electron chi connectivity index (χ1n) is 8.56. The summed E-state index contributed by atoms with van der Waals surface area (Å²) in [4.78, 5) is 25.4. The number of nitrogens with one attached hydrogen (secondary N) is 1. The fourth-order valence-electron chi connectivity index (χ4n) is 3.21. The van der Waals surface area contributed by atoms with Crippen LogP contribution in [0, 0.1) is 17.0 Å². The molecule has 2 aromatic rings. The van der Waals surface area contributed by atoms with Crippen molar-refractivity contribution in [2.75, 3.05) is 23.3 Å². The summed E-state index contributed by atoms with van der Waals surface area (Å²) < 4.78 is 0. The van der Waals surface area contributed by atoms with Gasteiger partial charge in [0.05, 0.1) is 16.3 Å². The number of aryl methyl sites for hydroxylation is 1. The first-order chi connectivity index (χ1) is 12.5. The smallest absolute Gasteiger partial charge is 0.272 e. The Kier molecular flexibility index (Phi) is 5.42. The van der Waals surface area contributed by atoms with E-state index in [1.54, 1.807) is 13.0 Å². The SMILES string of the molecule is Cc1cc(C(=O)Nc2cc(Cl)ccc2N2CCCCC2)ccc1[N+](=O)[O-]. The van der Waals surface area contributed by atoms with Gasteiger partial charge in [-0.1, -0.05) is 11.6 Å². The van der Waals surface area contributed by atoms with E-state index in [9.17, 15) is 14.9 Å². The van der Waals surface area contributed by atoms with E-state index in [4.69, 9.17) is 11.6 Å². The lowest BCUT2D eigenvalue weighted by Gasteiger charge is -2.30. The minimum atomic E-state index is -0.456. The fourth-order valence-corrected chi connectivity index (χ4v) is 3.39. The molecule has 6 nitrogen and oxygen atoms in total. The van der Waals surface area contributed by atoms with E-state index in [1.807, 2.05) is 12.1 Å². The number of amides is 1. The maximum atomic E-state index is 12.7. The van der Waals surface area contributed by atoms with E-state index in [2.05, 4.69) is 10.2 Å². The lowest BCUT2D eigenvalue weighted by Crippen LogP contribution is -2.30. The topological polar surface area (TPSA) is 75.5 Å². The standard InChI is InChI=1S/C19H20ClN3O3/c1-13-11-14(5-7-17(13)23(25)26)19(24)21-16-12-15(20)6-8-18(16)22-9-3-2-4-10-22/h5-8,11-12H,2-4,9-10H2,1H3,(H,21,24). The molecule has 0 atom stereocenters. The molecule has 0 radical (unpaired) electrons. The van der Waals surface area contributed by atoms with Crippen molar-refractivity contribution in [3.05, 3.63) is 62.7 Å². The van der Waals surface area contributed by atoms with Gasteiger partial charge in [0.2, 0.25) is 0 Å². The maximum absolute atomic E-state index is 12.7. The van der Waals surface area contributed by atoms with Crippen LogP contribution < -0.4 is 10.2 Å². The van der Waals surface area contributed by atoms with Crippen molar-refractivity contribution in [3.8, 4) is 0 Å². The molecule has 0 spiro atoms. The Morgan fingerprint density at radius 1 is 1.15 bits per heavy atom. The summed E-state index contributed by atoms with van der Waals surface area (Å²) in [5, 5.41) is 14.4. The molecule has 0 bridgehead atoms. The van der Waals surface area contributed by atoms with Crippen molar-refractivity contribution >= 4 is 34.6 Å². The average Bonchev–Trinajstić information content (AvgIpc) is 2.62. The Bertz CT molecular complexity index is 848. The van der Waals surface area contributed by atoms with Gasteiger partial charge in [-0.25, -0.2) is 0 Å². The summed E-state index contributed by atoms with van der Waals surface area (Å²) in [6.45, 7) is 3.51. The molecule has 1 heterocycles. The van der Waals surface area contributed by atoms with E-state index in [1.165, 1.54) is 24.6 Å². The number of carbonyl (C=O) groups excluding carboxylic acids is 1. The molecule has 7 heteroatoms. The van der Waals surface area contributed by atoms with Crippen LogP contribution in [0.15, 0.2) is 36.4 Å². The Balaban J connectivity index is 1.86. The van der Waals surface area contributed by atoms with Crippen molar-refractivity contribution < 1.29 is 9.72 Å². The Morgan fingerprint density at radius 3 is 2.54 bits per heavy atom. The largest absolute Gasteiger partial charge is 0.370 e. The highest BCUT2D eigenvalue weighted by Crippen LogP contribution is 2.31. The number of hydrogen-bond acceptors (Lipinski definition) is 4. The lowest BCUT2D eigenvalue weighted by atomic mass is 10.1. The van der Waals surface area contributed by atoms with Gasteiger partial charge in [0.15, 0.2) is 0 Å². The van der Waals surface area contributed by atoms with Gasteiger partial charge < -0.3 is 10.2 Å². The molecule has 0 saturated carbocycles. The molecule has 26 heavy (non-hydrogen) atoms. The van der Waals surface area contributed by atoms with Gasteiger partial charge in [-0.05, 0) is 56.5 Å². The number of anilines is 2. The Hall–Kier alpha value is -2.60. The van der Waals surface area contributed by atoms with Crippen LogP contribution in [-0.4, -0.2) is 23.9 Å². The van der Waals surface area contributed by atoms with Gasteiger partial charge >= 0.3 is 0 Å². The van der Waals surface area contributed by atoms with E-state index in [0.717, 1.165) is 31.6 Å². The zero-order valence-electron chi connectivity index (χ0n) is 14.5. The third-order valence-electron chi connectivity index (χ3n) is 4.56. The number of nitro groups is 1. The second-order valence-electron chi connectivity index (χ2n) is 6.42. The third-order valence-corrected chi connectivity index (χ3v) is 4.79. The third kappa shape index (κ3) is 3.96. The van der Waals surface area contributed by atoms with Crippen LogP contribution in [0.1, 0.15) is 35.2 Å². The van der Waals surface area contributed by atoms with Crippen molar-refractivity contribution in [2.45, 2.75) is 26.2 Å². The van der Waals surface area contributed by atoms with Gasteiger partial charge in [-0.2, -0.15) is 0 Å². The zero-order chi connectivity index (χ0) is 18.7. The molecular formula is C19H20ClN3O3. The normalized spacial score (nSPS) is 14.2. The molecule has 1 saturated heterocycles. The first kappa shape index (κ1) is 18.2. The minimum Gasteiger partial charge on any atom is -0.370 e. The van der Waals surface area contributed by atoms with Gasteiger partial charge in [0.25, 0.3) is 11.6 Å². The Morgan fingerprint density at radius 2 is 1.88 bits per heavy atom. The molecule has 2 aromatic carbocycles. The quantitative estimate of drug-likeness (QED) is 0.617. The number of carbonyl (C=O) groups is 1. The predicted molar refractivity (Wildman–Crippen MR) is 103 cm³/mol. The van der Waals surface area contributed by atoms with Gasteiger partial charge in [0, 0.05) is 35.3 Å². The highest BCUT2D eigenvalue weighted by atomic mass is 35.5. The van der Waals surface area contributed by atoms with Crippen molar-refractivity contribution in [1.82, 2.24) is 0 Å². The van der Waals surface area contributed by atoms with Crippen LogP contribution in [0.3, 0.4) is 0 Å². The van der Waals surface area contributed by atoms with E-state index < -0.39 is 4.92 Å². The number of benzene rings is 2. The maximum Gasteiger partial charge on any atom is 0.272 e. The molecule has 1 aliphatic heterocycles. The predicted octanol–water partition coefficient (Wildman–Crippen LogP) is 4.80. The van der Waals surface area contributed by atoms with Crippen LogP contribution in [0.4, 0.5) is 17.1 Å². The second-order valence-corrected chi connectivity index (χ2v) is 6.86. The second kappa shape index (κ2) is 7.74. The van der Waals surface area contributed by atoms with Crippen LogP contribution in [0.5, 0.6) is 0 Å². The molecule has 1 aliphatic rings. The Labute approximate surface area is 156 Å². The van der Waals surface area contributed by atoms with E-state index >= 15 is 0 Å². The molecule has 3 rings (SSSR count). The van der Waals surface area contributed by atoms with Crippen molar-refractivity contribution in [3.63, 3.8) is 0 Å². The number of nitrogens with zero attached hydrogens (tertiary/aromatic N) is 2. The number of piperidine rings is 1. The average molecular weight is 374 g/mol. The molecular weight excluding hydrogens is 354 g/mol. The van der Waals surface area contributed by atoms with E-state index in [0.29, 0.717) is 21.8 Å². The van der Waals surface area contributed by atoms with Crippen molar-refractivity contribution in [2.24, 2.45) is 0 Å². The summed E-state index contributed by atoms with van der Waals surface area (Å²) in [7, 11) is 0. The highest BCUT2D eigenvalue weighted by Gasteiger charge is 2.18. The zero-order valence-corrected chi connectivity index (χ0v) is 15.3. The van der Waals surface area contributed by atoms with Crippen LogP contribution >= 0.6 is 11.6 Å². The number of rotatable bonds is 4. The molecule has 0 aliphatic carbocycles. The molecule has 0 unspecified atom stereocenters. The van der Waals surface area contributed by atoms with E-state index in [-0.39, 0.29) is 11.6 Å². The molecule has 1 fully saturated rings. The molecule has 1 amide bonds. The number of hydrogen-bond donors (Lipinski definition) is 1. The van der Waals surface area contributed by atoms with Crippen LogP contribution in [-0.2, 0) is 0 Å². The van der Waals surface area contributed by atoms with Crippen molar-refractivity contribution in [1.29, 1.82) is 0 Å². The first-order valence-corrected chi connectivity index (χ1v) is 8.94. The fraction of sp³-hybridized carbons (Fsp3) is 0.316. The number of halogens is 1. The highest BCUT2D eigenvalue weighted by molar-refractivity contribution is 6.31. The lowest BCUT2D eigenvalue weighted by molar-refractivity contribution is -0.385. The van der Waals surface area contributed by atoms with Gasteiger partial charge in [0.1, 0.15) is 0 Å². The summed E-state index contributed by atoms with van der Waals surface area (Å²) in [5.41, 5.74) is 2.42. The molecule has 1 N–H and O–H groups in total. The molecule has 136 valence electrons.